The van der Waals surface area contributed by atoms with Crippen LogP contribution >= 0.6 is 11.6 Å². The Hall–Kier alpha value is -1.66. The average molecular weight is 308 g/mol. The van der Waals surface area contributed by atoms with Gasteiger partial charge in [-0.05, 0) is 18.9 Å². The van der Waals surface area contributed by atoms with E-state index in [0.717, 1.165) is 25.7 Å². The van der Waals surface area contributed by atoms with Crippen molar-refractivity contribution in [2.75, 3.05) is 6.54 Å². The molecule has 0 bridgehead atoms. The maximum Gasteiger partial charge on any atom is 0.273 e. The highest BCUT2D eigenvalue weighted by Crippen LogP contribution is 2.28. The third-order valence-electron chi connectivity index (χ3n) is 4.13. The van der Waals surface area contributed by atoms with Crippen molar-refractivity contribution in [2.24, 2.45) is 5.73 Å². The molecule has 6 nitrogen and oxygen atoms in total. The molecular formula is C14H18ClN5O. The zero-order valence-corrected chi connectivity index (χ0v) is 12.4. The maximum atomic E-state index is 12.5. The first-order chi connectivity index (χ1) is 10.2. The van der Waals surface area contributed by atoms with Gasteiger partial charge in [-0.1, -0.05) is 30.9 Å². The quantitative estimate of drug-likeness (QED) is 0.905. The van der Waals surface area contributed by atoms with Crippen LogP contribution in [0, 0.1) is 0 Å². The summed E-state index contributed by atoms with van der Waals surface area (Å²) >= 11 is 6.22. The molecule has 1 saturated carbocycles. The van der Waals surface area contributed by atoms with Crippen LogP contribution in [0.3, 0.4) is 0 Å². The molecule has 0 radical (unpaired) electrons. The van der Waals surface area contributed by atoms with Gasteiger partial charge in [0, 0.05) is 18.9 Å². The lowest BCUT2D eigenvalue weighted by Crippen LogP contribution is -2.54. The molecule has 0 saturated heterocycles. The van der Waals surface area contributed by atoms with Gasteiger partial charge in [-0.2, -0.15) is 5.10 Å². The number of rotatable bonds is 3. The van der Waals surface area contributed by atoms with Gasteiger partial charge in [0.1, 0.15) is 5.02 Å². The minimum absolute atomic E-state index is 0.203. The van der Waals surface area contributed by atoms with E-state index in [0.29, 0.717) is 12.2 Å². The number of nitrogens with one attached hydrogen (secondary N) is 1. The molecule has 1 aliphatic rings. The van der Waals surface area contributed by atoms with Crippen LogP contribution in [0.15, 0.2) is 18.5 Å². The van der Waals surface area contributed by atoms with Crippen LogP contribution in [0.5, 0.6) is 0 Å². The van der Waals surface area contributed by atoms with Crippen LogP contribution in [-0.2, 0) is 0 Å². The minimum Gasteiger partial charge on any atom is -0.344 e. The zero-order chi connectivity index (χ0) is 14.9. The third kappa shape index (κ3) is 2.61. The van der Waals surface area contributed by atoms with E-state index in [1.165, 1.54) is 10.9 Å². The Morgan fingerprint density at radius 3 is 2.86 bits per heavy atom. The van der Waals surface area contributed by atoms with Crippen LogP contribution in [-0.4, -0.2) is 32.6 Å². The minimum atomic E-state index is -0.331. The molecular weight excluding hydrogens is 290 g/mol. The van der Waals surface area contributed by atoms with E-state index in [9.17, 15) is 4.79 Å². The number of hydrogen-bond acceptors (Lipinski definition) is 4. The van der Waals surface area contributed by atoms with Crippen molar-refractivity contribution in [2.45, 2.75) is 37.6 Å². The van der Waals surface area contributed by atoms with Gasteiger partial charge in [-0.15, -0.1) is 0 Å². The number of carbonyl (C=O) groups is 1. The van der Waals surface area contributed by atoms with E-state index in [-0.39, 0.29) is 22.2 Å². The Kier molecular flexibility index (Phi) is 3.82. The summed E-state index contributed by atoms with van der Waals surface area (Å²) in [6.07, 6.45) is 8.49. The monoisotopic (exact) mass is 307 g/mol. The summed E-state index contributed by atoms with van der Waals surface area (Å²) < 4.78 is 1.51. The predicted octanol–water partition coefficient (Wildman–Crippen LogP) is 1.77. The van der Waals surface area contributed by atoms with Crippen LogP contribution in [0.25, 0.3) is 5.65 Å². The molecule has 0 atom stereocenters. The number of fused-ring (bicyclic) bond motifs is 1. The van der Waals surface area contributed by atoms with Crippen molar-refractivity contribution in [3.63, 3.8) is 0 Å². The first-order valence-electron chi connectivity index (χ1n) is 7.17. The third-order valence-corrected chi connectivity index (χ3v) is 4.48. The van der Waals surface area contributed by atoms with Crippen LogP contribution in [0.1, 0.15) is 42.6 Å². The van der Waals surface area contributed by atoms with Gasteiger partial charge in [-0.25, -0.2) is 9.50 Å². The summed E-state index contributed by atoms with van der Waals surface area (Å²) in [4.78, 5) is 16.6. The van der Waals surface area contributed by atoms with E-state index >= 15 is 0 Å². The molecule has 0 aliphatic heterocycles. The SMILES string of the molecule is NCC1(NC(=O)c2nn3cccnc3c2Cl)CCCCC1. The first-order valence-corrected chi connectivity index (χ1v) is 7.54. The number of carbonyl (C=O) groups excluding carboxylic acids is 1. The first kappa shape index (κ1) is 14.3. The Morgan fingerprint density at radius 2 is 2.19 bits per heavy atom. The topological polar surface area (TPSA) is 85.3 Å². The lowest BCUT2D eigenvalue weighted by Gasteiger charge is -2.36. The Bertz CT molecular complexity index is 662. The van der Waals surface area contributed by atoms with Gasteiger partial charge in [0.25, 0.3) is 5.91 Å². The van der Waals surface area contributed by atoms with E-state index in [1.807, 2.05) is 0 Å². The van der Waals surface area contributed by atoms with Crippen molar-refractivity contribution < 1.29 is 4.79 Å². The highest BCUT2D eigenvalue weighted by Gasteiger charge is 2.33. The van der Waals surface area contributed by atoms with Gasteiger partial charge in [0.2, 0.25) is 0 Å². The smallest absolute Gasteiger partial charge is 0.273 e. The number of aromatic nitrogens is 3. The van der Waals surface area contributed by atoms with Crippen LogP contribution in [0.4, 0.5) is 0 Å². The second-order valence-electron chi connectivity index (χ2n) is 5.55. The van der Waals surface area contributed by atoms with Crippen LogP contribution in [0.2, 0.25) is 5.02 Å². The maximum absolute atomic E-state index is 12.5. The fraction of sp³-hybridized carbons (Fsp3) is 0.500. The Labute approximate surface area is 127 Å². The van der Waals surface area contributed by atoms with Crippen LogP contribution < -0.4 is 11.1 Å². The predicted molar refractivity (Wildman–Crippen MR) is 80.3 cm³/mol. The van der Waals surface area contributed by atoms with Crippen molar-refractivity contribution in [1.29, 1.82) is 0 Å². The highest BCUT2D eigenvalue weighted by molar-refractivity contribution is 6.36. The fourth-order valence-corrected chi connectivity index (χ4v) is 3.17. The molecule has 3 N–H and O–H groups in total. The number of halogens is 1. The van der Waals surface area contributed by atoms with Gasteiger partial charge in [-0.3, -0.25) is 4.79 Å². The molecule has 112 valence electrons. The van der Waals surface area contributed by atoms with Gasteiger partial charge in [0.15, 0.2) is 11.3 Å². The van der Waals surface area contributed by atoms with E-state index in [1.54, 1.807) is 18.5 Å². The molecule has 1 fully saturated rings. The number of hydrogen-bond donors (Lipinski definition) is 2. The second-order valence-corrected chi connectivity index (χ2v) is 5.93. The molecule has 7 heteroatoms. The van der Waals surface area contributed by atoms with Crippen molar-refractivity contribution in [1.82, 2.24) is 19.9 Å². The standard InChI is InChI=1S/C14H18ClN5O/c15-10-11(19-20-8-4-7-17-12(10)20)13(21)18-14(9-16)5-2-1-3-6-14/h4,7-8H,1-3,5-6,9,16H2,(H,18,21). The van der Waals surface area contributed by atoms with Crippen molar-refractivity contribution in [3.05, 3.63) is 29.2 Å². The lowest BCUT2D eigenvalue weighted by molar-refractivity contribution is 0.0869. The normalized spacial score (nSPS) is 17.8. The van der Waals surface area contributed by atoms with Gasteiger partial charge in [0.05, 0.1) is 5.54 Å². The van der Waals surface area contributed by atoms with Gasteiger partial charge < -0.3 is 11.1 Å². The molecule has 2 heterocycles. The molecule has 21 heavy (non-hydrogen) atoms. The van der Waals surface area contributed by atoms with E-state index < -0.39 is 0 Å². The van der Waals surface area contributed by atoms with Crippen molar-refractivity contribution in [3.8, 4) is 0 Å². The molecule has 0 unspecified atom stereocenters. The molecule has 2 aromatic rings. The largest absolute Gasteiger partial charge is 0.344 e. The molecule has 1 aliphatic carbocycles. The number of nitrogens with two attached hydrogens (primary N) is 1. The molecule has 1 amide bonds. The summed E-state index contributed by atoms with van der Waals surface area (Å²) in [7, 11) is 0. The number of nitrogens with zero attached hydrogens (tertiary/aromatic N) is 3. The summed E-state index contributed by atoms with van der Waals surface area (Å²) in [6.45, 7) is 0.433. The highest BCUT2D eigenvalue weighted by atomic mass is 35.5. The summed E-state index contributed by atoms with van der Waals surface area (Å²) in [6, 6.07) is 1.74. The van der Waals surface area contributed by atoms with E-state index in [2.05, 4.69) is 15.4 Å². The zero-order valence-electron chi connectivity index (χ0n) is 11.7. The van der Waals surface area contributed by atoms with Gasteiger partial charge >= 0.3 is 0 Å². The van der Waals surface area contributed by atoms with Crippen molar-refractivity contribution >= 4 is 23.2 Å². The average Bonchev–Trinajstić information content (AvgIpc) is 2.86. The summed E-state index contributed by atoms with van der Waals surface area (Å²) in [5.74, 6) is -0.280. The lowest BCUT2D eigenvalue weighted by atomic mass is 9.81. The Morgan fingerprint density at radius 1 is 1.43 bits per heavy atom. The Balaban J connectivity index is 1.88. The van der Waals surface area contributed by atoms with E-state index in [4.69, 9.17) is 17.3 Å². The molecule has 3 rings (SSSR count). The number of amides is 1. The molecule has 0 spiro atoms. The summed E-state index contributed by atoms with van der Waals surface area (Å²) in [5.41, 5.74) is 6.24. The molecule has 0 aromatic carbocycles. The molecule has 2 aromatic heterocycles. The second kappa shape index (κ2) is 5.61. The fourth-order valence-electron chi connectivity index (χ4n) is 2.91. The summed E-state index contributed by atoms with van der Waals surface area (Å²) in [5, 5.41) is 7.53.